The maximum absolute atomic E-state index is 12.6. The van der Waals surface area contributed by atoms with Crippen LogP contribution in [0.3, 0.4) is 0 Å². The fourth-order valence-corrected chi connectivity index (χ4v) is 3.08. The number of carbonyl (C=O) groups excluding carboxylic acids is 1. The van der Waals surface area contributed by atoms with Gasteiger partial charge in [0.1, 0.15) is 11.8 Å². The zero-order chi connectivity index (χ0) is 16.4. The number of carbonyl (C=O) groups is 1. The second-order valence-electron chi connectivity index (χ2n) is 5.60. The quantitative estimate of drug-likeness (QED) is 0.682. The Balaban J connectivity index is 2.01. The van der Waals surface area contributed by atoms with Gasteiger partial charge in [-0.2, -0.15) is 0 Å². The molecule has 1 saturated heterocycles. The SMILES string of the molecule is C=CC[C@]1(O)C(=O)N(c2ccc(OC)cc2)[C@H]1c1ccccc1. The van der Waals surface area contributed by atoms with Crippen molar-refractivity contribution in [3.05, 3.63) is 72.8 Å². The number of anilines is 1. The lowest BCUT2D eigenvalue weighted by Crippen LogP contribution is -2.68. The lowest BCUT2D eigenvalue weighted by atomic mass is 9.75. The average molecular weight is 309 g/mol. The molecule has 1 heterocycles. The Hall–Kier alpha value is -2.59. The molecule has 1 fully saturated rings. The topological polar surface area (TPSA) is 49.8 Å². The van der Waals surface area contributed by atoms with Gasteiger partial charge in [-0.25, -0.2) is 0 Å². The van der Waals surface area contributed by atoms with Gasteiger partial charge in [-0.15, -0.1) is 6.58 Å². The number of β-lactam (4-membered cyclic amide) rings is 1. The third-order valence-corrected chi connectivity index (χ3v) is 4.22. The third kappa shape index (κ3) is 2.41. The van der Waals surface area contributed by atoms with Crippen molar-refractivity contribution in [3.63, 3.8) is 0 Å². The van der Waals surface area contributed by atoms with Crippen LogP contribution in [-0.4, -0.2) is 23.7 Å². The Kier molecular flexibility index (Phi) is 3.92. The van der Waals surface area contributed by atoms with Crippen molar-refractivity contribution >= 4 is 11.6 Å². The van der Waals surface area contributed by atoms with E-state index in [-0.39, 0.29) is 12.3 Å². The van der Waals surface area contributed by atoms with Gasteiger partial charge in [-0.05, 0) is 29.8 Å². The van der Waals surface area contributed by atoms with Gasteiger partial charge in [0, 0.05) is 12.1 Å². The van der Waals surface area contributed by atoms with Crippen LogP contribution in [0.1, 0.15) is 18.0 Å². The second-order valence-corrected chi connectivity index (χ2v) is 5.60. The van der Waals surface area contributed by atoms with Crippen molar-refractivity contribution in [3.8, 4) is 5.75 Å². The lowest BCUT2D eigenvalue weighted by Gasteiger charge is -2.53. The summed E-state index contributed by atoms with van der Waals surface area (Å²) in [5, 5.41) is 10.8. The van der Waals surface area contributed by atoms with Crippen LogP contribution >= 0.6 is 0 Å². The van der Waals surface area contributed by atoms with Gasteiger partial charge in [0.05, 0.1) is 7.11 Å². The number of ether oxygens (including phenoxy) is 1. The highest BCUT2D eigenvalue weighted by molar-refractivity contribution is 6.08. The molecular weight excluding hydrogens is 290 g/mol. The van der Waals surface area contributed by atoms with Crippen LogP contribution in [-0.2, 0) is 4.79 Å². The summed E-state index contributed by atoms with van der Waals surface area (Å²) < 4.78 is 5.15. The number of aliphatic hydroxyl groups is 1. The lowest BCUT2D eigenvalue weighted by molar-refractivity contribution is -0.153. The van der Waals surface area contributed by atoms with Crippen LogP contribution < -0.4 is 9.64 Å². The van der Waals surface area contributed by atoms with E-state index in [0.717, 1.165) is 17.0 Å². The summed E-state index contributed by atoms with van der Waals surface area (Å²) in [5.74, 6) is 0.413. The van der Waals surface area contributed by atoms with Crippen LogP contribution in [0.15, 0.2) is 67.3 Å². The number of rotatable bonds is 5. The maximum Gasteiger partial charge on any atom is 0.262 e. The Labute approximate surface area is 135 Å². The molecule has 2 aromatic rings. The van der Waals surface area contributed by atoms with Crippen molar-refractivity contribution in [2.45, 2.75) is 18.1 Å². The molecule has 1 N–H and O–H groups in total. The molecule has 4 heteroatoms. The second kappa shape index (κ2) is 5.89. The summed E-state index contributed by atoms with van der Waals surface area (Å²) in [5.41, 5.74) is 0.189. The van der Waals surface area contributed by atoms with Crippen LogP contribution in [0.4, 0.5) is 5.69 Å². The van der Waals surface area contributed by atoms with E-state index in [1.165, 1.54) is 0 Å². The van der Waals surface area contributed by atoms with E-state index < -0.39 is 11.6 Å². The van der Waals surface area contributed by atoms with Crippen LogP contribution in [0.5, 0.6) is 5.75 Å². The number of hydrogen-bond donors (Lipinski definition) is 1. The molecule has 0 aliphatic carbocycles. The van der Waals surface area contributed by atoms with Crippen molar-refractivity contribution in [1.82, 2.24) is 0 Å². The van der Waals surface area contributed by atoms with E-state index in [2.05, 4.69) is 6.58 Å². The van der Waals surface area contributed by atoms with E-state index >= 15 is 0 Å². The molecule has 0 saturated carbocycles. The van der Waals surface area contributed by atoms with Gasteiger partial charge >= 0.3 is 0 Å². The van der Waals surface area contributed by atoms with Gasteiger partial charge in [-0.1, -0.05) is 36.4 Å². The van der Waals surface area contributed by atoms with E-state index in [0.29, 0.717) is 0 Å². The Morgan fingerprint density at radius 2 is 1.87 bits per heavy atom. The number of amides is 1. The minimum absolute atomic E-state index is 0.220. The minimum atomic E-state index is -1.44. The van der Waals surface area contributed by atoms with Gasteiger partial charge < -0.3 is 9.84 Å². The fourth-order valence-electron chi connectivity index (χ4n) is 3.08. The Morgan fingerprint density at radius 1 is 1.22 bits per heavy atom. The van der Waals surface area contributed by atoms with Gasteiger partial charge in [0.15, 0.2) is 5.60 Å². The molecule has 0 spiro atoms. The molecule has 1 amide bonds. The molecule has 23 heavy (non-hydrogen) atoms. The normalized spacial score (nSPS) is 23.3. The summed E-state index contributed by atoms with van der Waals surface area (Å²) in [6.07, 6.45) is 1.80. The van der Waals surface area contributed by atoms with Gasteiger partial charge in [0.2, 0.25) is 0 Å². The molecule has 3 rings (SSSR count). The first-order chi connectivity index (χ1) is 11.1. The molecule has 0 unspecified atom stereocenters. The molecule has 0 radical (unpaired) electrons. The van der Waals surface area contributed by atoms with Crippen LogP contribution in [0, 0.1) is 0 Å². The summed E-state index contributed by atoms with van der Waals surface area (Å²) in [7, 11) is 1.60. The monoisotopic (exact) mass is 309 g/mol. The van der Waals surface area contributed by atoms with Crippen LogP contribution in [0.25, 0.3) is 0 Å². The van der Waals surface area contributed by atoms with Gasteiger partial charge in [0.25, 0.3) is 5.91 Å². The molecule has 1 aliphatic rings. The molecule has 118 valence electrons. The molecule has 2 atom stereocenters. The largest absolute Gasteiger partial charge is 0.497 e. The average Bonchev–Trinajstić information content (AvgIpc) is 2.60. The van der Waals surface area contributed by atoms with Crippen LogP contribution in [0.2, 0.25) is 0 Å². The predicted molar refractivity (Wildman–Crippen MR) is 89.4 cm³/mol. The molecular formula is C19H19NO3. The first kappa shape index (κ1) is 15.3. The molecule has 4 nitrogen and oxygen atoms in total. The highest BCUT2D eigenvalue weighted by atomic mass is 16.5. The number of methoxy groups -OCH3 is 1. The molecule has 0 bridgehead atoms. The van der Waals surface area contributed by atoms with Crippen molar-refractivity contribution in [2.24, 2.45) is 0 Å². The van der Waals surface area contributed by atoms with Crippen molar-refractivity contribution in [1.29, 1.82) is 0 Å². The highest BCUT2D eigenvalue weighted by Gasteiger charge is 2.60. The first-order valence-corrected chi connectivity index (χ1v) is 7.47. The van der Waals surface area contributed by atoms with E-state index in [9.17, 15) is 9.90 Å². The predicted octanol–water partition coefficient (Wildman–Crippen LogP) is 3.09. The Bertz CT molecular complexity index is 711. The first-order valence-electron chi connectivity index (χ1n) is 7.47. The van der Waals surface area contributed by atoms with E-state index in [1.807, 2.05) is 42.5 Å². The fraction of sp³-hybridized carbons (Fsp3) is 0.211. The van der Waals surface area contributed by atoms with Gasteiger partial charge in [-0.3, -0.25) is 9.69 Å². The van der Waals surface area contributed by atoms with Crippen molar-refractivity contribution in [2.75, 3.05) is 12.0 Å². The van der Waals surface area contributed by atoms with Crippen molar-refractivity contribution < 1.29 is 14.6 Å². The number of hydrogen-bond acceptors (Lipinski definition) is 3. The summed E-state index contributed by atoms with van der Waals surface area (Å²) in [4.78, 5) is 14.2. The summed E-state index contributed by atoms with van der Waals surface area (Å²) in [6, 6.07) is 16.4. The minimum Gasteiger partial charge on any atom is -0.497 e. The number of benzene rings is 2. The highest BCUT2D eigenvalue weighted by Crippen LogP contribution is 2.48. The molecule has 1 aliphatic heterocycles. The third-order valence-electron chi connectivity index (χ3n) is 4.22. The van der Waals surface area contributed by atoms with E-state index in [1.54, 1.807) is 30.2 Å². The standard InChI is InChI=1S/C19H19NO3/c1-3-13-19(22)17(14-7-5-4-6-8-14)20(18(19)21)15-9-11-16(23-2)12-10-15/h3-12,17,22H,1,13H2,2H3/t17-,19+/m0/s1. The number of nitrogens with zero attached hydrogens (tertiary/aromatic N) is 1. The zero-order valence-corrected chi connectivity index (χ0v) is 13.0. The summed E-state index contributed by atoms with van der Waals surface area (Å²) in [6.45, 7) is 3.66. The summed E-state index contributed by atoms with van der Waals surface area (Å²) >= 11 is 0. The zero-order valence-electron chi connectivity index (χ0n) is 13.0. The Morgan fingerprint density at radius 3 is 2.43 bits per heavy atom. The maximum atomic E-state index is 12.6. The molecule has 2 aromatic carbocycles. The van der Waals surface area contributed by atoms with E-state index in [4.69, 9.17) is 4.74 Å². The smallest absolute Gasteiger partial charge is 0.262 e. The molecule has 0 aromatic heterocycles.